The maximum Gasteiger partial charge on any atom is 0.264 e. The highest BCUT2D eigenvalue weighted by Crippen LogP contribution is 2.31. The van der Waals surface area contributed by atoms with Gasteiger partial charge >= 0.3 is 0 Å². The fourth-order valence-corrected chi connectivity index (χ4v) is 5.74. The van der Waals surface area contributed by atoms with Gasteiger partial charge in [-0.25, -0.2) is 0 Å². The lowest BCUT2D eigenvalue weighted by molar-refractivity contribution is 0.0731. The SMILES string of the molecule is Cc1cccc(N2CCN(C(=O)c3cc4c(=O)n(C)c5ccccc5c4s3)C[C@@H]2C)c1. The Kier molecular flexibility index (Phi) is 4.82. The molecule has 0 bridgehead atoms. The number of aryl methyl sites for hydroxylation is 2. The van der Waals surface area contributed by atoms with Gasteiger partial charge in [0, 0.05) is 48.5 Å². The predicted molar refractivity (Wildman–Crippen MR) is 128 cm³/mol. The van der Waals surface area contributed by atoms with Crippen LogP contribution in [0.3, 0.4) is 0 Å². The molecule has 0 unspecified atom stereocenters. The molecule has 1 atom stereocenters. The lowest BCUT2D eigenvalue weighted by Crippen LogP contribution is -2.53. The van der Waals surface area contributed by atoms with E-state index in [1.165, 1.54) is 22.6 Å². The minimum absolute atomic E-state index is 0.0167. The second-order valence-corrected chi connectivity index (χ2v) is 9.42. The Morgan fingerprint density at radius 2 is 1.84 bits per heavy atom. The van der Waals surface area contributed by atoms with Crippen LogP contribution in [0.2, 0.25) is 0 Å². The average molecular weight is 432 g/mol. The Balaban J connectivity index is 1.45. The van der Waals surface area contributed by atoms with E-state index < -0.39 is 0 Å². The van der Waals surface area contributed by atoms with Crippen LogP contribution >= 0.6 is 11.3 Å². The summed E-state index contributed by atoms with van der Waals surface area (Å²) in [6, 6.07) is 18.4. The summed E-state index contributed by atoms with van der Waals surface area (Å²) in [5.41, 5.74) is 3.28. The van der Waals surface area contributed by atoms with E-state index in [-0.39, 0.29) is 17.5 Å². The van der Waals surface area contributed by atoms with Gasteiger partial charge in [-0.05, 0) is 43.7 Å². The maximum absolute atomic E-state index is 13.4. The number of fused-ring (bicyclic) bond motifs is 3. The molecule has 6 heteroatoms. The van der Waals surface area contributed by atoms with Crippen LogP contribution < -0.4 is 10.5 Å². The smallest absolute Gasteiger partial charge is 0.264 e. The highest BCUT2D eigenvalue weighted by molar-refractivity contribution is 7.21. The zero-order chi connectivity index (χ0) is 21.7. The number of benzene rings is 2. The number of thiophene rings is 1. The van der Waals surface area contributed by atoms with Crippen molar-refractivity contribution in [2.75, 3.05) is 24.5 Å². The first kappa shape index (κ1) is 19.8. The van der Waals surface area contributed by atoms with Gasteiger partial charge in [-0.3, -0.25) is 9.59 Å². The van der Waals surface area contributed by atoms with E-state index in [9.17, 15) is 9.59 Å². The molecule has 1 amide bonds. The highest BCUT2D eigenvalue weighted by Gasteiger charge is 2.29. The van der Waals surface area contributed by atoms with Gasteiger partial charge in [0.15, 0.2) is 0 Å². The van der Waals surface area contributed by atoms with Gasteiger partial charge in [0.05, 0.1) is 15.8 Å². The zero-order valence-electron chi connectivity index (χ0n) is 18.0. The van der Waals surface area contributed by atoms with Crippen LogP contribution in [-0.4, -0.2) is 41.1 Å². The quantitative estimate of drug-likeness (QED) is 0.472. The Labute approximate surface area is 185 Å². The first-order chi connectivity index (χ1) is 14.9. The third-order valence-corrected chi connectivity index (χ3v) is 7.39. The molecule has 0 radical (unpaired) electrons. The summed E-state index contributed by atoms with van der Waals surface area (Å²) in [5.74, 6) is 0.0167. The number of piperazine rings is 1. The third kappa shape index (κ3) is 3.31. The number of carbonyl (C=O) groups excluding carboxylic acids is 1. The van der Waals surface area contributed by atoms with Gasteiger partial charge in [-0.2, -0.15) is 0 Å². The number of amides is 1. The van der Waals surface area contributed by atoms with E-state index in [0.717, 1.165) is 22.1 Å². The topological polar surface area (TPSA) is 45.6 Å². The molecule has 0 saturated carbocycles. The van der Waals surface area contributed by atoms with Crippen molar-refractivity contribution >= 4 is 43.9 Å². The highest BCUT2D eigenvalue weighted by atomic mass is 32.1. The Morgan fingerprint density at radius 3 is 2.61 bits per heavy atom. The summed E-state index contributed by atoms with van der Waals surface area (Å²) in [4.78, 5) is 31.2. The molecule has 5 rings (SSSR count). The molecule has 2 aromatic heterocycles. The van der Waals surface area contributed by atoms with Crippen LogP contribution in [-0.2, 0) is 7.05 Å². The van der Waals surface area contributed by atoms with Crippen molar-refractivity contribution in [3.05, 3.63) is 75.4 Å². The van der Waals surface area contributed by atoms with Crippen molar-refractivity contribution in [3.8, 4) is 0 Å². The van der Waals surface area contributed by atoms with Crippen molar-refractivity contribution in [2.24, 2.45) is 7.05 Å². The van der Waals surface area contributed by atoms with Crippen LogP contribution in [0.5, 0.6) is 0 Å². The normalized spacial score (nSPS) is 16.9. The van der Waals surface area contributed by atoms with Gasteiger partial charge in [-0.15, -0.1) is 11.3 Å². The minimum atomic E-state index is -0.0540. The summed E-state index contributed by atoms with van der Waals surface area (Å²) in [6.07, 6.45) is 0. The Hall–Kier alpha value is -3.12. The lowest BCUT2D eigenvalue weighted by atomic mass is 10.1. The average Bonchev–Trinajstić information content (AvgIpc) is 3.23. The molecule has 158 valence electrons. The molecule has 4 aromatic rings. The number of nitrogens with zero attached hydrogens (tertiary/aromatic N) is 3. The Bertz CT molecular complexity index is 1370. The number of hydrogen-bond acceptors (Lipinski definition) is 4. The molecule has 3 heterocycles. The summed E-state index contributed by atoms with van der Waals surface area (Å²) >= 11 is 1.43. The van der Waals surface area contributed by atoms with Crippen LogP contribution in [0.1, 0.15) is 22.2 Å². The molecule has 1 aliphatic rings. The molecular formula is C25H25N3O2S. The number of pyridine rings is 1. The van der Waals surface area contributed by atoms with Crippen molar-refractivity contribution < 1.29 is 4.79 Å². The van der Waals surface area contributed by atoms with Gasteiger partial charge < -0.3 is 14.4 Å². The van der Waals surface area contributed by atoms with Crippen molar-refractivity contribution in [1.82, 2.24) is 9.47 Å². The summed E-state index contributed by atoms with van der Waals surface area (Å²) in [5, 5.41) is 1.64. The largest absolute Gasteiger partial charge is 0.365 e. The van der Waals surface area contributed by atoms with E-state index >= 15 is 0 Å². The number of aromatic nitrogens is 1. The summed E-state index contributed by atoms with van der Waals surface area (Å²) in [6.45, 7) is 6.40. The number of hydrogen-bond donors (Lipinski definition) is 0. The van der Waals surface area contributed by atoms with Gasteiger partial charge in [-0.1, -0.05) is 30.3 Å². The third-order valence-electron chi connectivity index (χ3n) is 6.24. The molecule has 0 aliphatic carbocycles. The van der Waals surface area contributed by atoms with Crippen LogP contribution in [0.15, 0.2) is 59.4 Å². The molecule has 1 aliphatic heterocycles. The van der Waals surface area contributed by atoms with E-state index in [2.05, 4.69) is 43.0 Å². The van der Waals surface area contributed by atoms with Crippen molar-refractivity contribution in [2.45, 2.75) is 19.9 Å². The lowest BCUT2D eigenvalue weighted by Gasteiger charge is -2.41. The van der Waals surface area contributed by atoms with Gasteiger partial charge in [0.25, 0.3) is 11.5 Å². The van der Waals surface area contributed by atoms with Gasteiger partial charge in [0.1, 0.15) is 0 Å². The standard InChI is InChI=1S/C25H25N3O2S/c1-16-7-6-8-18(13-16)28-12-11-27(15-17(28)2)25(30)22-14-20-23(31-22)19-9-4-5-10-21(19)26(3)24(20)29/h4-10,13-14,17H,11-12,15H2,1-3H3/t17-/m0/s1. The van der Waals surface area contributed by atoms with Crippen molar-refractivity contribution in [1.29, 1.82) is 0 Å². The summed E-state index contributed by atoms with van der Waals surface area (Å²) < 4.78 is 2.56. The molecule has 31 heavy (non-hydrogen) atoms. The molecule has 0 N–H and O–H groups in total. The van der Waals surface area contributed by atoms with Crippen LogP contribution in [0, 0.1) is 6.92 Å². The molecule has 1 saturated heterocycles. The number of rotatable bonds is 2. The number of anilines is 1. The molecule has 1 fully saturated rings. The predicted octanol–water partition coefficient (Wildman–Crippen LogP) is 4.41. The fourth-order valence-electron chi connectivity index (χ4n) is 4.59. The minimum Gasteiger partial charge on any atom is -0.365 e. The molecule has 5 nitrogen and oxygen atoms in total. The van der Waals surface area contributed by atoms with E-state index in [1.54, 1.807) is 17.7 Å². The number of para-hydroxylation sites is 1. The number of carbonyl (C=O) groups is 1. The van der Waals surface area contributed by atoms with Crippen LogP contribution in [0.25, 0.3) is 21.0 Å². The van der Waals surface area contributed by atoms with Crippen molar-refractivity contribution in [3.63, 3.8) is 0 Å². The second-order valence-electron chi connectivity index (χ2n) is 8.37. The van der Waals surface area contributed by atoms with Crippen LogP contribution in [0.4, 0.5) is 5.69 Å². The fraction of sp³-hybridized carbons (Fsp3) is 0.280. The Morgan fingerprint density at radius 1 is 1.03 bits per heavy atom. The summed E-state index contributed by atoms with van der Waals surface area (Å²) in [7, 11) is 1.79. The first-order valence-electron chi connectivity index (χ1n) is 10.6. The first-order valence-corrected chi connectivity index (χ1v) is 11.4. The maximum atomic E-state index is 13.4. The monoisotopic (exact) mass is 431 g/mol. The molecule has 0 spiro atoms. The van der Waals surface area contributed by atoms with Gasteiger partial charge in [0.2, 0.25) is 0 Å². The van der Waals surface area contributed by atoms with E-state index in [0.29, 0.717) is 23.4 Å². The second kappa shape index (κ2) is 7.54. The van der Waals surface area contributed by atoms with E-state index in [4.69, 9.17) is 0 Å². The molecular weight excluding hydrogens is 406 g/mol. The zero-order valence-corrected chi connectivity index (χ0v) is 18.8. The van der Waals surface area contributed by atoms with E-state index in [1.807, 2.05) is 29.2 Å². The molecule has 2 aromatic carbocycles.